The van der Waals surface area contributed by atoms with E-state index in [1.807, 2.05) is 12.1 Å². The van der Waals surface area contributed by atoms with Gasteiger partial charge in [-0.1, -0.05) is 35.9 Å². The molecule has 0 aromatic heterocycles. The van der Waals surface area contributed by atoms with E-state index in [1.54, 1.807) is 0 Å². The highest BCUT2D eigenvalue weighted by Gasteiger charge is 2.51. The number of hydrogen-bond acceptors (Lipinski definition) is 1. The smallest absolute Gasteiger partial charge is 0.0406 e. The Morgan fingerprint density at radius 3 is 2.65 bits per heavy atom. The average molecular weight is 246 g/mol. The second-order valence-corrected chi connectivity index (χ2v) is 6.06. The van der Waals surface area contributed by atoms with Crippen molar-refractivity contribution in [3.8, 4) is 0 Å². The summed E-state index contributed by atoms with van der Waals surface area (Å²) in [7, 11) is 0. The molecule has 5 unspecified atom stereocenters. The van der Waals surface area contributed by atoms with E-state index in [9.17, 15) is 0 Å². The zero-order chi connectivity index (χ0) is 11.4. The lowest BCUT2D eigenvalue weighted by Crippen LogP contribution is -2.21. The second-order valence-electron chi connectivity index (χ2n) is 5.63. The Hall–Kier alpha value is -0.790. The highest BCUT2D eigenvalue weighted by Crippen LogP contribution is 2.55. The molecule has 4 rings (SSSR count). The molecule has 0 amide bonds. The van der Waals surface area contributed by atoms with Gasteiger partial charge in [0, 0.05) is 11.1 Å². The van der Waals surface area contributed by atoms with Crippen LogP contribution in [0.3, 0.4) is 0 Å². The number of nitrogens with one attached hydrogen (secondary N) is 1. The van der Waals surface area contributed by atoms with Crippen molar-refractivity contribution < 1.29 is 0 Å². The molecule has 2 aliphatic carbocycles. The minimum absolute atomic E-state index is 0.539. The van der Waals surface area contributed by atoms with Crippen LogP contribution in [-0.4, -0.2) is 6.54 Å². The summed E-state index contributed by atoms with van der Waals surface area (Å²) in [6.45, 7) is 1.18. The first kappa shape index (κ1) is 10.2. The first-order valence-corrected chi connectivity index (χ1v) is 6.88. The third kappa shape index (κ3) is 1.42. The van der Waals surface area contributed by atoms with E-state index in [0.29, 0.717) is 6.04 Å². The number of benzene rings is 1. The Balaban J connectivity index is 1.67. The summed E-state index contributed by atoms with van der Waals surface area (Å²) >= 11 is 5.96. The van der Waals surface area contributed by atoms with Crippen molar-refractivity contribution in [2.75, 3.05) is 6.54 Å². The SMILES string of the molecule is Clc1ccc(C2NCC3C4C=CC(C4)C23)cc1. The van der Waals surface area contributed by atoms with Gasteiger partial charge in [-0.15, -0.1) is 0 Å². The van der Waals surface area contributed by atoms with E-state index in [0.717, 1.165) is 28.7 Å². The fraction of sp³-hybridized carbons (Fsp3) is 0.467. The molecule has 1 aromatic carbocycles. The quantitative estimate of drug-likeness (QED) is 0.748. The molecule has 0 spiro atoms. The number of fused-ring (bicyclic) bond motifs is 5. The van der Waals surface area contributed by atoms with Gasteiger partial charge in [0.2, 0.25) is 0 Å². The maximum atomic E-state index is 5.96. The van der Waals surface area contributed by atoms with Crippen LogP contribution in [0.15, 0.2) is 36.4 Å². The molecule has 2 heteroatoms. The number of rotatable bonds is 1. The van der Waals surface area contributed by atoms with E-state index in [-0.39, 0.29) is 0 Å². The van der Waals surface area contributed by atoms with Gasteiger partial charge in [-0.25, -0.2) is 0 Å². The largest absolute Gasteiger partial charge is 0.309 e. The first-order valence-electron chi connectivity index (χ1n) is 6.50. The summed E-state index contributed by atoms with van der Waals surface area (Å²) in [5.41, 5.74) is 1.41. The molecule has 1 aromatic rings. The zero-order valence-electron chi connectivity index (χ0n) is 9.64. The molecule has 1 aliphatic heterocycles. The molecule has 1 saturated carbocycles. The van der Waals surface area contributed by atoms with E-state index >= 15 is 0 Å². The molecule has 1 nitrogen and oxygen atoms in total. The molecule has 17 heavy (non-hydrogen) atoms. The average Bonchev–Trinajstić information content (AvgIpc) is 3.02. The molecule has 88 valence electrons. The van der Waals surface area contributed by atoms with Crippen molar-refractivity contribution in [1.82, 2.24) is 5.32 Å². The van der Waals surface area contributed by atoms with Crippen molar-refractivity contribution in [1.29, 1.82) is 0 Å². The molecule has 1 saturated heterocycles. The zero-order valence-corrected chi connectivity index (χ0v) is 10.4. The fourth-order valence-electron chi connectivity index (χ4n) is 4.15. The van der Waals surface area contributed by atoms with Crippen LogP contribution in [0.25, 0.3) is 0 Å². The number of allylic oxidation sites excluding steroid dienone is 2. The molecule has 5 atom stereocenters. The maximum Gasteiger partial charge on any atom is 0.0406 e. The second kappa shape index (κ2) is 3.60. The third-order valence-corrected chi connectivity index (χ3v) is 5.13. The van der Waals surface area contributed by atoms with E-state index in [2.05, 4.69) is 29.6 Å². The molecule has 0 radical (unpaired) electrons. The topological polar surface area (TPSA) is 12.0 Å². The molecule has 1 heterocycles. The number of halogens is 1. The minimum Gasteiger partial charge on any atom is -0.309 e. The summed E-state index contributed by atoms with van der Waals surface area (Å²) in [5.74, 6) is 3.33. The highest BCUT2D eigenvalue weighted by atomic mass is 35.5. The van der Waals surface area contributed by atoms with Crippen molar-refractivity contribution >= 4 is 11.6 Å². The Labute approximate surface area is 107 Å². The van der Waals surface area contributed by atoms with Crippen LogP contribution < -0.4 is 5.32 Å². The lowest BCUT2D eigenvalue weighted by Gasteiger charge is -2.25. The van der Waals surface area contributed by atoms with Crippen LogP contribution in [0.2, 0.25) is 5.02 Å². The van der Waals surface area contributed by atoms with E-state index < -0.39 is 0 Å². The highest BCUT2D eigenvalue weighted by molar-refractivity contribution is 6.30. The van der Waals surface area contributed by atoms with Crippen molar-refractivity contribution in [2.45, 2.75) is 12.5 Å². The summed E-state index contributed by atoms with van der Waals surface area (Å²) in [5, 5.41) is 4.54. The van der Waals surface area contributed by atoms with Crippen LogP contribution in [-0.2, 0) is 0 Å². The summed E-state index contributed by atoms with van der Waals surface area (Å²) in [4.78, 5) is 0. The van der Waals surface area contributed by atoms with Crippen molar-refractivity contribution in [3.05, 3.63) is 47.0 Å². The van der Waals surface area contributed by atoms with Crippen molar-refractivity contribution in [2.24, 2.45) is 23.7 Å². The summed E-state index contributed by atoms with van der Waals surface area (Å²) < 4.78 is 0. The van der Waals surface area contributed by atoms with Crippen LogP contribution in [0.4, 0.5) is 0 Å². The van der Waals surface area contributed by atoms with E-state index in [1.165, 1.54) is 18.5 Å². The normalized spacial score (nSPS) is 42.1. The van der Waals surface area contributed by atoms with Gasteiger partial charge < -0.3 is 5.32 Å². The van der Waals surface area contributed by atoms with E-state index in [4.69, 9.17) is 11.6 Å². The van der Waals surface area contributed by atoms with Crippen LogP contribution in [0.1, 0.15) is 18.0 Å². The number of hydrogen-bond donors (Lipinski definition) is 1. The predicted molar refractivity (Wildman–Crippen MR) is 69.9 cm³/mol. The lowest BCUT2D eigenvalue weighted by atomic mass is 9.80. The van der Waals surface area contributed by atoms with Gasteiger partial charge in [0.15, 0.2) is 0 Å². The van der Waals surface area contributed by atoms with Crippen LogP contribution >= 0.6 is 11.6 Å². The van der Waals surface area contributed by atoms with Gasteiger partial charge >= 0.3 is 0 Å². The lowest BCUT2D eigenvalue weighted by molar-refractivity contribution is 0.342. The Bertz CT molecular complexity index is 464. The Morgan fingerprint density at radius 2 is 1.82 bits per heavy atom. The van der Waals surface area contributed by atoms with Crippen molar-refractivity contribution in [3.63, 3.8) is 0 Å². The first-order chi connectivity index (χ1) is 8.33. The molecule has 2 fully saturated rings. The molecule has 1 N–H and O–H groups in total. The molecular formula is C15H16ClN. The van der Waals surface area contributed by atoms with Gasteiger partial charge in [-0.3, -0.25) is 0 Å². The van der Waals surface area contributed by atoms with Gasteiger partial charge in [0.05, 0.1) is 0 Å². The predicted octanol–water partition coefficient (Wildman–Crippen LogP) is 3.42. The molecule has 3 aliphatic rings. The van der Waals surface area contributed by atoms with Gasteiger partial charge in [0.25, 0.3) is 0 Å². The van der Waals surface area contributed by atoms with Gasteiger partial charge in [-0.2, -0.15) is 0 Å². The fourth-order valence-corrected chi connectivity index (χ4v) is 4.28. The summed E-state index contributed by atoms with van der Waals surface area (Å²) in [6, 6.07) is 8.91. The minimum atomic E-state index is 0.539. The van der Waals surface area contributed by atoms with Crippen LogP contribution in [0.5, 0.6) is 0 Å². The summed E-state index contributed by atoms with van der Waals surface area (Å²) in [6.07, 6.45) is 6.28. The molecule has 2 bridgehead atoms. The monoisotopic (exact) mass is 245 g/mol. The molecular weight excluding hydrogens is 230 g/mol. The third-order valence-electron chi connectivity index (χ3n) is 4.88. The Kier molecular flexibility index (Phi) is 2.15. The van der Waals surface area contributed by atoms with Gasteiger partial charge in [-0.05, 0) is 54.3 Å². The Morgan fingerprint density at radius 1 is 1.06 bits per heavy atom. The standard InChI is InChI=1S/C15H16ClN/c16-12-5-3-9(4-6-12)15-14-11-2-1-10(7-11)13(14)8-17-15/h1-6,10-11,13-15,17H,7-8H2. The maximum absolute atomic E-state index is 5.96. The van der Waals surface area contributed by atoms with Crippen LogP contribution in [0, 0.1) is 23.7 Å². The van der Waals surface area contributed by atoms with Gasteiger partial charge in [0.1, 0.15) is 0 Å².